The molecule has 1 saturated heterocycles. The van der Waals surface area contributed by atoms with E-state index in [4.69, 9.17) is 0 Å². The molecule has 0 radical (unpaired) electrons. The molecular weight excluding hydrogens is 313 g/mol. The van der Waals surface area contributed by atoms with Crippen molar-refractivity contribution in [1.29, 1.82) is 0 Å². The van der Waals surface area contributed by atoms with Crippen molar-refractivity contribution in [2.24, 2.45) is 13.0 Å². The standard InChI is InChI=1S/C16H20FN5O2/c1-21-9-6-18-15(21)14(23)11-4-7-22(8-5-11)16(24)20-13-3-2-12(17)10-19-13/h2-3,6,9-11,14,23H,4-5,7-8H2,1H3,(H,19,20,24). The van der Waals surface area contributed by atoms with E-state index in [0.29, 0.717) is 37.6 Å². The maximum absolute atomic E-state index is 12.8. The SMILES string of the molecule is Cn1ccnc1C(O)C1CCN(C(=O)Nc2ccc(F)cn2)CC1. The number of urea groups is 1. The van der Waals surface area contributed by atoms with Gasteiger partial charge in [0.25, 0.3) is 0 Å². The van der Waals surface area contributed by atoms with Crippen molar-refractivity contribution in [3.63, 3.8) is 0 Å². The quantitative estimate of drug-likeness (QED) is 0.899. The smallest absolute Gasteiger partial charge is 0.323 e. The van der Waals surface area contributed by atoms with Crippen LogP contribution < -0.4 is 5.32 Å². The monoisotopic (exact) mass is 333 g/mol. The van der Waals surface area contributed by atoms with Crippen molar-refractivity contribution in [1.82, 2.24) is 19.4 Å². The number of aliphatic hydroxyl groups excluding tert-OH is 1. The van der Waals surface area contributed by atoms with Gasteiger partial charge in [-0.25, -0.2) is 19.2 Å². The summed E-state index contributed by atoms with van der Waals surface area (Å²) in [5, 5.41) is 13.1. The van der Waals surface area contributed by atoms with E-state index in [9.17, 15) is 14.3 Å². The van der Waals surface area contributed by atoms with Crippen LogP contribution in [0.15, 0.2) is 30.7 Å². The van der Waals surface area contributed by atoms with Gasteiger partial charge in [0.1, 0.15) is 23.6 Å². The summed E-state index contributed by atoms with van der Waals surface area (Å²) in [5.74, 6) is 0.584. The Labute approximate surface area is 139 Å². The summed E-state index contributed by atoms with van der Waals surface area (Å²) in [6.45, 7) is 1.08. The fraction of sp³-hybridized carbons (Fsp3) is 0.438. The summed E-state index contributed by atoms with van der Waals surface area (Å²) in [6.07, 6.45) is 5.28. The van der Waals surface area contributed by atoms with Gasteiger partial charge in [-0.15, -0.1) is 0 Å². The van der Waals surface area contributed by atoms with Gasteiger partial charge in [0, 0.05) is 32.5 Å². The topological polar surface area (TPSA) is 83.3 Å². The average Bonchev–Trinajstić information content (AvgIpc) is 3.02. The zero-order valence-electron chi connectivity index (χ0n) is 13.4. The van der Waals surface area contributed by atoms with Crippen LogP contribution in [-0.2, 0) is 7.05 Å². The van der Waals surface area contributed by atoms with E-state index in [1.54, 1.807) is 17.3 Å². The largest absolute Gasteiger partial charge is 0.385 e. The number of rotatable bonds is 3. The van der Waals surface area contributed by atoms with Gasteiger partial charge in [-0.3, -0.25) is 5.32 Å². The summed E-state index contributed by atoms with van der Waals surface area (Å²) in [6, 6.07) is 2.40. The summed E-state index contributed by atoms with van der Waals surface area (Å²) >= 11 is 0. The molecule has 2 amide bonds. The lowest BCUT2D eigenvalue weighted by Gasteiger charge is -2.33. The predicted octanol–water partition coefficient (Wildman–Crippen LogP) is 1.93. The molecule has 7 nitrogen and oxygen atoms in total. The normalized spacial score (nSPS) is 16.9. The number of amides is 2. The third kappa shape index (κ3) is 3.53. The third-order valence-corrected chi connectivity index (χ3v) is 4.36. The number of pyridine rings is 1. The number of aryl methyl sites for hydroxylation is 1. The Bertz CT molecular complexity index is 695. The lowest BCUT2D eigenvalue weighted by molar-refractivity contribution is 0.0599. The maximum atomic E-state index is 12.8. The van der Waals surface area contributed by atoms with Gasteiger partial charge in [0.15, 0.2) is 0 Å². The summed E-state index contributed by atoms with van der Waals surface area (Å²) < 4.78 is 14.6. The Kier molecular flexibility index (Phi) is 4.75. The molecule has 0 saturated carbocycles. The molecule has 1 aliphatic rings. The number of likely N-dealkylation sites (tertiary alicyclic amines) is 1. The first-order chi connectivity index (χ1) is 11.5. The zero-order valence-corrected chi connectivity index (χ0v) is 13.4. The molecule has 0 bridgehead atoms. The lowest BCUT2D eigenvalue weighted by Crippen LogP contribution is -2.42. The van der Waals surface area contributed by atoms with E-state index in [0.717, 1.165) is 6.20 Å². The molecule has 24 heavy (non-hydrogen) atoms. The number of halogens is 1. The molecule has 1 atom stereocenters. The van der Waals surface area contributed by atoms with Crippen LogP contribution in [-0.4, -0.2) is 43.7 Å². The van der Waals surface area contributed by atoms with Crippen molar-refractivity contribution >= 4 is 11.8 Å². The molecule has 3 rings (SSSR count). The van der Waals surface area contributed by atoms with Gasteiger partial charge in [-0.2, -0.15) is 0 Å². The van der Waals surface area contributed by atoms with Gasteiger partial charge >= 0.3 is 6.03 Å². The second kappa shape index (κ2) is 6.96. The number of anilines is 1. The van der Waals surface area contributed by atoms with Gasteiger partial charge in [0.2, 0.25) is 0 Å². The molecule has 0 aliphatic carbocycles. The number of aliphatic hydroxyl groups is 1. The van der Waals surface area contributed by atoms with Gasteiger partial charge in [-0.1, -0.05) is 0 Å². The first-order valence-electron chi connectivity index (χ1n) is 7.87. The van der Waals surface area contributed by atoms with Crippen LogP contribution in [0.25, 0.3) is 0 Å². The highest BCUT2D eigenvalue weighted by molar-refractivity contribution is 5.88. The van der Waals surface area contributed by atoms with E-state index in [1.807, 2.05) is 11.6 Å². The van der Waals surface area contributed by atoms with Crippen molar-refractivity contribution in [2.75, 3.05) is 18.4 Å². The Balaban J connectivity index is 1.54. The van der Waals surface area contributed by atoms with E-state index in [1.165, 1.54) is 12.1 Å². The number of nitrogens with one attached hydrogen (secondary N) is 1. The Morgan fingerprint density at radius 3 is 2.71 bits per heavy atom. The highest BCUT2D eigenvalue weighted by Gasteiger charge is 2.30. The third-order valence-electron chi connectivity index (χ3n) is 4.36. The molecule has 2 N–H and O–H groups in total. The van der Waals surface area contributed by atoms with Crippen LogP contribution >= 0.6 is 0 Å². The van der Waals surface area contributed by atoms with Gasteiger partial charge < -0.3 is 14.6 Å². The first kappa shape index (κ1) is 16.4. The summed E-state index contributed by atoms with van der Waals surface area (Å²) in [7, 11) is 1.85. The fourth-order valence-corrected chi connectivity index (χ4v) is 2.93. The summed E-state index contributed by atoms with van der Waals surface area (Å²) in [5.41, 5.74) is 0. The number of hydrogen-bond acceptors (Lipinski definition) is 4. The minimum Gasteiger partial charge on any atom is -0.385 e. The Morgan fingerprint density at radius 1 is 1.38 bits per heavy atom. The van der Waals surface area contributed by atoms with E-state index < -0.39 is 11.9 Å². The number of piperidine rings is 1. The van der Waals surface area contributed by atoms with Gasteiger partial charge in [-0.05, 0) is 30.9 Å². The highest BCUT2D eigenvalue weighted by atomic mass is 19.1. The van der Waals surface area contributed by atoms with Crippen LogP contribution in [0.1, 0.15) is 24.8 Å². The molecule has 1 unspecified atom stereocenters. The first-order valence-corrected chi connectivity index (χ1v) is 7.87. The van der Waals surface area contributed by atoms with Gasteiger partial charge in [0.05, 0.1) is 6.20 Å². The van der Waals surface area contributed by atoms with Crippen molar-refractivity contribution in [2.45, 2.75) is 18.9 Å². The minimum absolute atomic E-state index is 0.0686. The second-order valence-corrected chi connectivity index (χ2v) is 5.96. The number of hydrogen-bond donors (Lipinski definition) is 2. The van der Waals surface area contributed by atoms with Crippen LogP contribution in [0, 0.1) is 11.7 Å². The van der Waals surface area contributed by atoms with Crippen LogP contribution in [0.2, 0.25) is 0 Å². The van der Waals surface area contributed by atoms with E-state index in [2.05, 4.69) is 15.3 Å². The van der Waals surface area contributed by atoms with Crippen LogP contribution in [0.4, 0.5) is 15.0 Å². The molecule has 0 spiro atoms. The van der Waals surface area contributed by atoms with Crippen molar-refractivity contribution < 1.29 is 14.3 Å². The predicted molar refractivity (Wildman–Crippen MR) is 85.7 cm³/mol. The Hall–Kier alpha value is -2.48. The number of nitrogens with zero attached hydrogens (tertiary/aromatic N) is 4. The fourth-order valence-electron chi connectivity index (χ4n) is 2.93. The number of carbonyl (C=O) groups is 1. The molecule has 8 heteroatoms. The molecule has 128 valence electrons. The molecule has 1 fully saturated rings. The molecule has 0 aromatic carbocycles. The summed E-state index contributed by atoms with van der Waals surface area (Å²) in [4.78, 5) is 21.9. The van der Waals surface area contributed by atoms with E-state index in [-0.39, 0.29) is 11.9 Å². The van der Waals surface area contributed by atoms with E-state index >= 15 is 0 Å². The average molecular weight is 333 g/mol. The lowest BCUT2D eigenvalue weighted by atomic mass is 9.91. The molecule has 3 heterocycles. The number of aromatic nitrogens is 3. The molecule has 2 aromatic heterocycles. The molecule has 1 aliphatic heterocycles. The zero-order chi connectivity index (χ0) is 17.1. The van der Waals surface area contributed by atoms with Crippen LogP contribution in [0.3, 0.4) is 0 Å². The number of carbonyl (C=O) groups excluding carboxylic acids is 1. The van der Waals surface area contributed by atoms with Crippen LogP contribution in [0.5, 0.6) is 0 Å². The van der Waals surface area contributed by atoms with Crippen molar-refractivity contribution in [3.8, 4) is 0 Å². The maximum Gasteiger partial charge on any atom is 0.323 e. The minimum atomic E-state index is -0.631. The van der Waals surface area contributed by atoms with Crippen molar-refractivity contribution in [3.05, 3.63) is 42.4 Å². The molecular formula is C16H20FN5O2. The highest BCUT2D eigenvalue weighted by Crippen LogP contribution is 2.29. The second-order valence-electron chi connectivity index (χ2n) is 5.96. The number of imidazole rings is 1. The Morgan fingerprint density at radius 2 is 2.12 bits per heavy atom. The molecule has 2 aromatic rings.